The summed E-state index contributed by atoms with van der Waals surface area (Å²) < 4.78 is 21.9. The van der Waals surface area contributed by atoms with Crippen molar-refractivity contribution in [1.82, 2.24) is 0 Å². The number of rotatable bonds is 2. The van der Waals surface area contributed by atoms with Gasteiger partial charge in [0.25, 0.3) is 0 Å². The Hall–Kier alpha value is -0.650. The molecule has 3 aliphatic rings. The topological polar surface area (TPSA) is 57.3 Å². The Morgan fingerprint density at radius 1 is 1.24 bits per heavy atom. The molecule has 5 nitrogen and oxygen atoms in total. The van der Waals surface area contributed by atoms with Crippen molar-refractivity contribution >= 4 is 5.97 Å². The fraction of sp³-hybridized carbons (Fsp3) is 0.917. The van der Waals surface area contributed by atoms with Crippen LogP contribution in [0.1, 0.15) is 32.6 Å². The number of carbonyl (C=O) groups is 1. The zero-order valence-corrected chi connectivity index (χ0v) is 10.1. The Balaban J connectivity index is 1.57. The van der Waals surface area contributed by atoms with Gasteiger partial charge in [-0.05, 0) is 19.8 Å². The number of ether oxygens (including phenoxy) is 4. The van der Waals surface area contributed by atoms with Crippen molar-refractivity contribution in [2.75, 3.05) is 19.8 Å². The summed E-state index contributed by atoms with van der Waals surface area (Å²) in [6.07, 6.45) is 2.89. The van der Waals surface area contributed by atoms with Crippen molar-refractivity contribution < 1.29 is 23.7 Å². The van der Waals surface area contributed by atoms with E-state index in [0.717, 1.165) is 25.7 Å². The maximum absolute atomic E-state index is 11.6. The molecule has 1 unspecified atom stereocenters. The Morgan fingerprint density at radius 2 is 1.88 bits per heavy atom. The quantitative estimate of drug-likeness (QED) is 0.534. The lowest BCUT2D eigenvalue weighted by molar-refractivity contribution is -0.184. The van der Waals surface area contributed by atoms with Gasteiger partial charge in [0.05, 0.1) is 19.8 Å². The minimum atomic E-state index is -0.392. The number of hydrogen-bond acceptors (Lipinski definition) is 5. The third kappa shape index (κ3) is 1.86. The Morgan fingerprint density at radius 3 is 2.47 bits per heavy atom. The maximum atomic E-state index is 11.6. The molecule has 3 rings (SSSR count). The van der Waals surface area contributed by atoms with E-state index in [1.165, 1.54) is 0 Å². The molecule has 3 fully saturated rings. The average Bonchev–Trinajstić information content (AvgIpc) is 2.86. The van der Waals surface area contributed by atoms with Crippen molar-refractivity contribution in [3.63, 3.8) is 0 Å². The van der Waals surface area contributed by atoms with Gasteiger partial charge in [0.15, 0.2) is 11.9 Å². The van der Waals surface area contributed by atoms with Crippen LogP contribution >= 0.6 is 0 Å². The van der Waals surface area contributed by atoms with Crippen LogP contribution in [-0.4, -0.2) is 43.3 Å². The zero-order valence-electron chi connectivity index (χ0n) is 10.1. The van der Waals surface area contributed by atoms with Crippen LogP contribution in [0, 0.1) is 0 Å². The summed E-state index contributed by atoms with van der Waals surface area (Å²) >= 11 is 0. The second-order valence-electron chi connectivity index (χ2n) is 4.92. The van der Waals surface area contributed by atoms with Crippen molar-refractivity contribution in [1.29, 1.82) is 0 Å². The van der Waals surface area contributed by atoms with E-state index in [-0.39, 0.29) is 17.7 Å². The highest BCUT2D eigenvalue weighted by atomic mass is 16.7. The molecular weight excluding hydrogens is 224 g/mol. The summed E-state index contributed by atoms with van der Waals surface area (Å²) in [6.45, 7) is 3.57. The molecule has 2 heterocycles. The van der Waals surface area contributed by atoms with Crippen LogP contribution in [0.3, 0.4) is 0 Å². The highest BCUT2D eigenvalue weighted by molar-refractivity contribution is 5.79. The highest BCUT2D eigenvalue weighted by Crippen LogP contribution is 2.52. The molecule has 2 saturated heterocycles. The van der Waals surface area contributed by atoms with E-state index in [1.54, 1.807) is 0 Å². The molecule has 2 spiro atoms. The molecule has 0 bridgehead atoms. The van der Waals surface area contributed by atoms with Crippen LogP contribution < -0.4 is 0 Å². The van der Waals surface area contributed by atoms with E-state index in [4.69, 9.17) is 18.9 Å². The summed E-state index contributed by atoms with van der Waals surface area (Å²) in [4.78, 5) is 11.6. The van der Waals surface area contributed by atoms with Gasteiger partial charge in [-0.25, -0.2) is 4.79 Å². The molecular formula is C12H18O5. The monoisotopic (exact) mass is 242 g/mol. The van der Waals surface area contributed by atoms with Gasteiger partial charge >= 0.3 is 5.97 Å². The molecule has 0 radical (unpaired) electrons. The van der Waals surface area contributed by atoms with Gasteiger partial charge in [-0.2, -0.15) is 0 Å². The van der Waals surface area contributed by atoms with Crippen LogP contribution in [-0.2, 0) is 23.7 Å². The summed E-state index contributed by atoms with van der Waals surface area (Å²) in [5.74, 6) is -0.618. The standard InChI is InChI=1S/C12H18O5/c1-2-14-10(13)9-11(17-9)3-5-12(6-4-11)15-7-8-16-12/h9H,2-8H2,1H3. The first-order valence-electron chi connectivity index (χ1n) is 6.32. The van der Waals surface area contributed by atoms with E-state index in [2.05, 4.69) is 0 Å². The molecule has 0 aromatic carbocycles. The summed E-state index contributed by atoms with van der Waals surface area (Å²) in [6, 6.07) is 0. The van der Waals surface area contributed by atoms with Crippen molar-refractivity contribution in [3.8, 4) is 0 Å². The Labute approximate surface area is 100 Å². The lowest BCUT2D eigenvalue weighted by atomic mass is 9.82. The smallest absolute Gasteiger partial charge is 0.338 e. The number of carbonyl (C=O) groups excluding carboxylic acids is 1. The maximum Gasteiger partial charge on any atom is 0.338 e. The van der Waals surface area contributed by atoms with Gasteiger partial charge in [0.1, 0.15) is 5.60 Å². The van der Waals surface area contributed by atoms with Gasteiger partial charge in [0.2, 0.25) is 0 Å². The predicted molar refractivity (Wildman–Crippen MR) is 57.3 cm³/mol. The van der Waals surface area contributed by atoms with Gasteiger partial charge < -0.3 is 18.9 Å². The van der Waals surface area contributed by atoms with Crippen LogP contribution in [0.15, 0.2) is 0 Å². The first-order valence-corrected chi connectivity index (χ1v) is 6.32. The lowest BCUT2D eigenvalue weighted by Crippen LogP contribution is -2.39. The SMILES string of the molecule is CCOC(=O)C1OC12CCC1(CC2)OCCO1. The van der Waals surface area contributed by atoms with E-state index in [9.17, 15) is 4.79 Å². The normalized spacial score (nSPS) is 32.9. The Kier molecular flexibility index (Phi) is 2.65. The summed E-state index contributed by atoms with van der Waals surface area (Å²) in [5, 5.41) is 0. The van der Waals surface area contributed by atoms with Crippen LogP contribution in [0.25, 0.3) is 0 Å². The molecule has 0 aromatic heterocycles. The lowest BCUT2D eigenvalue weighted by Gasteiger charge is -2.34. The molecule has 0 amide bonds. The largest absolute Gasteiger partial charge is 0.464 e. The number of epoxide rings is 1. The van der Waals surface area contributed by atoms with Crippen LogP contribution in [0.4, 0.5) is 0 Å². The average molecular weight is 242 g/mol. The first kappa shape index (κ1) is 11.4. The van der Waals surface area contributed by atoms with Gasteiger partial charge in [-0.1, -0.05) is 0 Å². The predicted octanol–water partition coefficient (Wildman–Crippen LogP) is 1.00. The highest BCUT2D eigenvalue weighted by Gasteiger charge is 2.64. The number of hydrogen-bond donors (Lipinski definition) is 0. The molecule has 17 heavy (non-hydrogen) atoms. The summed E-state index contributed by atoms with van der Waals surface area (Å²) in [7, 11) is 0. The molecule has 2 aliphatic heterocycles. The van der Waals surface area contributed by atoms with E-state index >= 15 is 0 Å². The Bertz CT molecular complexity index is 311. The third-order valence-corrected chi connectivity index (χ3v) is 3.95. The molecule has 1 atom stereocenters. The second kappa shape index (κ2) is 3.93. The van der Waals surface area contributed by atoms with Crippen LogP contribution in [0.2, 0.25) is 0 Å². The molecule has 0 N–H and O–H groups in total. The minimum absolute atomic E-state index is 0.225. The molecule has 1 aliphatic carbocycles. The molecule has 1 saturated carbocycles. The van der Waals surface area contributed by atoms with E-state index in [0.29, 0.717) is 19.8 Å². The second-order valence-corrected chi connectivity index (χ2v) is 4.92. The van der Waals surface area contributed by atoms with E-state index < -0.39 is 5.79 Å². The van der Waals surface area contributed by atoms with Crippen molar-refractivity contribution in [2.24, 2.45) is 0 Å². The molecule has 5 heteroatoms. The van der Waals surface area contributed by atoms with Gasteiger partial charge in [0, 0.05) is 12.8 Å². The third-order valence-electron chi connectivity index (χ3n) is 3.95. The van der Waals surface area contributed by atoms with Crippen molar-refractivity contribution in [3.05, 3.63) is 0 Å². The van der Waals surface area contributed by atoms with Crippen molar-refractivity contribution in [2.45, 2.75) is 50.1 Å². The first-order chi connectivity index (χ1) is 8.20. The minimum Gasteiger partial charge on any atom is -0.464 e. The van der Waals surface area contributed by atoms with Gasteiger partial charge in [-0.3, -0.25) is 0 Å². The van der Waals surface area contributed by atoms with E-state index in [1.807, 2.05) is 6.92 Å². The fourth-order valence-electron chi connectivity index (χ4n) is 2.90. The summed E-state index contributed by atoms with van der Waals surface area (Å²) in [5.41, 5.74) is -0.285. The number of esters is 1. The molecule has 0 aromatic rings. The zero-order chi connectivity index (χ0) is 11.9. The fourth-order valence-corrected chi connectivity index (χ4v) is 2.90. The van der Waals surface area contributed by atoms with Crippen LogP contribution in [0.5, 0.6) is 0 Å². The molecule has 96 valence electrons. The van der Waals surface area contributed by atoms with Gasteiger partial charge in [-0.15, -0.1) is 0 Å².